The van der Waals surface area contributed by atoms with Crippen LogP contribution in [0.15, 0.2) is 23.3 Å². The molecule has 0 saturated carbocycles. The Morgan fingerprint density at radius 1 is 0.853 bits per heavy atom. The van der Waals surface area contributed by atoms with E-state index < -0.39 is 11.0 Å². The Morgan fingerprint density at radius 3 is 1.79 bits per heavy atom. The normalized spacial score (nSPS) is 21.7. The number of allylic oxidation sites excluding steroid dienone is 2. The van der Waals surface area contributed by atoms with Crippen LogP contribution in [-0.2, 0) is 0 Å². The third-order valence-electron chi connectivity index (χ3n) is 6.93. The summed E-state index contributed by atoms with van der Waals surface area (Å²) in [6.07, 6.45) is 23.9. The number of nitriles is 2. The number of amides is 2. The van der Waals surface area contributed by atoms with Crippen molar-refractivity contribution in [2.24, 2.45) is 0 Å². The van der Waals surface area contributed by atoms with Crippen molar-refractivity contribution in [3.8, 4) is 12.1 Å². The van der Waals surface area contributed by atoms with E-state index in [1.54, 1.807) is 17.1 Å². The maximum atomic E-state index is 12.4. The van der Waals surface area contributed by atoms with Crippen LogP contribution in [-0.4, -0.2) is 28.5 Å². The summed E-state index contributed by atoms with van der Waals surface area (Å²) in [5.74, 6) is 0. The third kappa shape index (κ3) is 8.33. The van der Waals surface area contributed by atoms with Crippen LogP contribution in [0.1, 0.15) is 110 Å². The van der Waals surface area contributed by atoms with E-state index in [4.69, 9.17) is 11.6 Å². The van der Waals surface area contributed by atoms with E-state index in [9.17, 15) is 15.3 Å². The highest BCUT2D eigenvalue weighted by Crippen LogP contribution is 2.35. The van der Waals surface area contributed by atoms with Crippen molar-refractivity contribution >= 4 is 17.6 Å². The Hall–Kier alpha value is -2.02. The fourth-order valence-electron chi connectivity index (χ4n) is 4.82. The van der Waals surface area contributed by atoms with Gasteiger partial charge in [-0.25, -0.2) is 10.2 Å². The average molecular weight is 488 g/mol. The lowest BCUT2D eigenvalue weighted by Gasteiger charge is -2.38. The number of carbonyl (C=O) groups is 1. The molecule has 7 heteroatoms. The Bertz CT molecular complexity index is 781. The molecule has 0 radical (unpaired) electrons. The number of unbranched alkanes of at least 4 members (excludes halogenated alkanes) is 15. The molecule has 0 aromatic heterocycles. The van der Waals surface area contributed by atoms with Crippen molar-refractivity contribution in [2.45, 2.75) is 121 Å². The first-order valence-electron chi connectivity index (χ1n) is 13.3. The maximum Gasteiger partial charge on any atom is 0.333 e. The van der Waals surface area contributed by atoms with Crippen LogP contribution in [0, 0.1) is 22.7 Å². The highest BCUT2D eigenvalue weighted by Gasteiger charge is 2.50. The predicted octanol–water partition coefficient (Wildman–Crippen LogP) is 6.99. The molecule has 2 N–H and O–H groups in total. The number of nitrogens with zero attached hydrogens (tertiary/aromatic N) is 3. The summed E-state index contributed by atoms with van der Waals surface area (Å²) in [4.78, 5) is 14.1. The zero-order valence-corrected chi connectivity index (χ0v) is 21.6. The van der Waals surface area contributed by atoms with Crippen LogP contribution in [0.2, 0.25) is 0 Å². The Labute approximate surface area is 211 Å². The molecule has 2 amide bonds. The molecule has 2 atom stereocenters. The van der Waals surface area contributed by atoms with Crippen molar-refractivity contribution in [1.82, 2.24) is 15.8 Å². The van der Waals surface area contributed by atoms with E-state index in [1.807, 2.05) is 12.1 Å². The summed E-state index contributed by atoms with van der Waals surface area (Å²) in [5.41, 5.74) is 5.05. The highest BCUT2D eigenvalue weighted by atomic mass is 35.5. The lowest BCUT2D eigenvalue weighted by molar-refractivity contribution is 0.168. The van der Waals surface area contributed by atoms with Crippen molar-refractivity contribution in [3.05, 3.63) is 23.3 Å². The van der Waals surface area contributed by atoms with E-state index in [0.717, 1.165) is 19.3 Å². The quantitative estimate of drug-likeness (QED) is 0.171. The minimum absolute atomic E-state index is 0.236. The lowest BCUT2D eigenvalue weighted by atomic mass is 9.90. The Morgan fingerprint density at radius 2 is 1.32 bits per heavy atom. The van der Waals surface area contributed by atoms with E-state index in [2.05, 4.69) is 17.8 Å². The molecule has 0 aromatic rings. The topological polar surface area (TPSA) is 91.9 Å². The minimum atomic E-state index is -1.01. The van der Waals surface area contributed by atoms with Gasteiger partial charge in [0.2, 0.25) is 0 Å². The lowest BCUT2D eigenvalue weighted by Crippen LogP contribution is -2.58. The molecular weight excluding hydrogens is 446 g/mol. The second-order valence-electron chi connectivity index (χ2n) is 9.60. The van der Waals surface area contributed by atoms with E-state index >= 15 is 0 Å². The average Bonchev–Trinajstić information content (AvgIpc) is 3.16. The van der Waals surface area contributed by atoms with Gasteiger partial charge in [0.05, 0.1) is 16.5 Å². The molecule has 34 heavy (non-hydrogen) atoms. The molecule has 2 unspecified atom stereocenters. The fourth-order valence-corrected chi connectivity index (χ4v) is 5.18. The second kappa shape index (κ2) is 15.8. The molecule has 0 bridgehead atoms. The molecule has 1 aliphatic carbocycles. The fraction of sp³-hybridized carbons (Fsp3) is 0.741. The molecule has 1 aliphatic heterocycles. The van der Waals surface area contributed by atoms with Crippen molar-refractivity contribution in [2.75, 3.05) is 6.54 Å². The predicted molar refractivity (Wildman–Crippen MR) is 138 cm³/mol. The van der Waals surface area contributed by atoms with E-state index in [1.165, 1.54) is 83.5 Å². The first-order valence-corrected chi connectivity index (χ1v) is 13.8. The molecule has 1 spiro atoms. The van der Waals surface area contributed by atoms with Gasteiger partial charge in [-0.2, -0.15) is 10.5 Å². The van der Waals surface area contributed by atoms with Crippen molar-refractivity contribution < 1.29 is 4.79 Å². The summed E-state index contributed by atoms with van der Waals surface area (Å²) < 4.78 is 0. The summed E-state index contributed by atoms with van der Waals surface area (Å²) in [5, 5.41) is 18.0. The molecule has 6 nitrogen and oxygen atoms in total. The summed E-state index contributed by atoms with van der Waals surface area (Å²) in [7, 11) is 0. The molecule has 2 rings (SSSR count). The Balaban J connectivity index is 1.56. The van der Waals surface area contributed by atoms with Crippen LogP contribution in [0.5, 0.6) is 0 Å². The minimum Gasteiger partial charge on any atom is -0.298 e. The van der Waals surface area contributed by atoms with Gasteiger partial charge in [0, 0.05) is 6.54 Å². The molecule has 1 heterocycles. The summed E-state index contributed by atoms with van der Waals surface area (Å²) >= 11 is 6.53. The second-order valence-corrected chi connectivity index (χ2v) is 10.1. The van der Waals surface area contributed by atoms with Gasteiger partial charge in [-0.1, -0.05) is 103 Å². The molecule has 188 valence electrons. The van der Waals surface area contributed by atoms with Gasteiger partial charge < -0.3 is 0 Å². The van der Waals surface area contributed by atoms with Gasteiger partial charge in [0.1, 0.15) is 12.1 Å². The van der Waals surface area contributed by atoms with E-state index in [-0.39, 0.29) is 17.2 Å². The summed E-state index contributed by atoms with van der Waals surface area (Å²) in [6, 6.07) is 3.79. The number of hydrogen-bond donors (Lipinski definition) is 2. The largest absolute Gasteiger partial charge is 0.333 e. The van der Waals surface area contributed by atoms with Crippen LogP contribution in [0.3, 0.4) is 0 Å². The monoisotopic (exact) mass is 487 g/mol. The number of alkyl halides is 1. The standard InChI is InChI=1S/C27H42ClN5O/c1-2-3-4-5-6-7-8-9-10-11-12-13-14-15-16-17-18-33-26(34)31-32-27(33)20-24(22-30)23(21-29)19-25(27)28/h19-20,25,32H,2-18H2,1H3,(H,31,34). The smallest absolute Gasteiger partial charge is 0.298 e. The molecule has 1 fully saturated rings. The number of hydrazine groups is 1. The van der Waals surface area contributed by atoms with Crippen molar-refractivity contribution in [1.29, 1.82) is 10.5 Å². The van der Waals surface area contributed by atoms with Gasteiger partial charge >= 0.3 is 6.03 Å². The third-order valence-corrected chi connectivity index (χ3v) is 7.38. The van der Waals surface area contributed by atoms with Crippen LogP contribution in [0.25, 0.3) is 0 Å². The van der Waals surface area contributed by atoms with Gasteiger partial charge in [0.15, 0.2) is 5.66 Å². The number of hydrogen-bond acceptors (Lipinski definition) is 4. The molecule has 2 aliphatic rings. The Kier molecular flexibility index (Phi) is 13.1. The van der Waals surface area contributed by atoms with Gasteiger partial charge in [-0.15, -0.1) is 11.6 Å². The van der Waals surface area contributed by atoms with Gasteiger partial charge in [-0.05, 0) is 18.6 Å². The van der Waals surface area contributed by atoms with E-state index in [0.29, 0.717) is 6.54 Å². The first kappa shape index (κ1) is 28.2. The van der Waals surface area contributed by atoms with Crippen molar-refractivity contribution in [3.63, 3.8) is 0 Å². The SMILES string of the molecule is CCCCCCCCCCCCCCCCCCN1C(=O)NNC12C=C(C#N)C(C#N)=CC2Cl. The molecule has 1 saturated heterocycles. The van der Waals surface area contributed by atoms with Crippen LogP contribution >= 0.6 is 11.6 Å². The number of halogens is 1. The van der Waals surface area contributed by atoms with Crippen LogP contribution in [0.4, 0.5) is 4.79 Å². The number of nitrogens with one attached hydrogen (secondary N) is 2. The molecule has 0 aromatic carbocycles. The molecular formula is C27H42ClN5O. The van der Waals surface area contributed by atoms with Gasteiger partial charge in [-0.3, -0.25) is 10.3 Å². The van der Waals surface area contributed by atoms with Crippen LogP contribution < -0.4 is 10.9 Å². The number of rotatable bonds is 17. The number of carbonyl (C=O) groups excluding carboxylic acids is 1. The number of urea groups is 1. The van der Waals surface area contributed by atoms with Gasteiger partial charge in [0.25, 0.3) is 0 Å². The first-order chi connectivity index (χ1) is 16.6. The summed E-state index contributed by atoms with van der Waals surface area (Å²) in [6.45, 7) is 2.81. The maximum absolute atomic E-state index is 12.4. The zero-order chi connectivity index (χ0) is 24.7. The highest BCUT2D eigenvalue weighted by molar-refractivity contribution is 6.23. The zero-order valence-electron chi connectivity index (χ0n) is 20.9.